The largest absolute Gasteiger partial charge is 0.497 e. The van der Waals surface area contributed by atoms with Crippen LogP contribution in [0.2, 0.25) is 0 Å². The molecule has 0 saturated carbocycles. The maximum Gasteiger partial charge on any atom is 0.414 e. The average Bonchev–Trinajstić information content (AvgIpc) is 2.27. The van der Waals surface area contributed by atoms with Crippen LogP contribution in [0.15, 0.2) is 29.3 Å². The molecule has 1 aromatic rings. The maximum absolute atomic E-state index is 11.4. The number of benzene rings is 1. The minimum atomic E-state index is -0.637. The number of rotatable bonds is 2. The van der Waals surface area contributed by atoms with Gasteiger partial charge in [-0.3, -0.25) is 5.32 Å². The molecule has 0 aromatic heterocycles. The SMILES string of the molecule is COc1ccc(N=C(N)NC(=O)OC(C)(C)C)cc1. The van der Waals surface area contributed by atoms with E-state index in [2.05, 4.69) is 10.3 Å². The van der Waals surface area contributed by atoms with E-state index in [1.807, 2.05) is 0 Å². The van der Waals surface area contributed by atoms with Crippen LogP contribution >= 0.6 is 0 Å². The Labute approximate surface area is 112 Å². The van der Waals surface area contributed by atoms with Crippen LogP contribution in [0, 0.1) is 0 Å². The molecule has 0 aliphatic rings. The minimum Gasteiger partial charge on any atom is -0.497 e. The van der Waals surface area contributed by atoms with Gasteiger partial charge in [-0.05, 0) is 45.0 Å². The van der Waals surface area contributed by atoms with Crippen molar-refractivity contribution in [2.45, 2.75) is 26.4 Å². The lowest BCUT2D eigenvalue weighted by Crippen LogP contribution is -2.40. The number of ether oxygens (including phenoxy) is 2. The van der Waals surface area contributed by atoms with E-state index in [1.165, 1.54) is 0 Å². The van der Waals surface area contributed by atoms with Crippen LogP contribution in [0.4, 0.5) is 10.5 Å². The number of hydrogen-bond donors (Lipinski definition) is 2. The number of aliphatic imine (C=N–C) groups is 1. The van der Waals surface area contributed by atoms with E-state index in [9.17, 15) is 4.79 Å². The quantitative estimate of drug-likeness (QED) is 0.633. The molecule has 1 rings (SSSR count). The molecule has 104 valence electrons. The van der Waals surface area contributed by atoms with Crippen LogP contribution in [-0.2, 0) is 4.74 Å². The summed E-state index contributed by atoms with van der Waals surface area (Å²) in [6.07, 6.45) is -0.637. The monoisotopic (exact) mass is 265 g/mol. The van der Waals surface area contributed by atoms with Gasteiger partial charge in [0.05, 0.1) is 12.8 Å². The Hall–Kier alpha value is -2.24. The van der Waals surface area contributed by atoms with Gasteiger partial charge >= 0.3 is 6.09 Å². The van der Waals surface area contributed by atoms with Crippen molar-refractivity contribution >= 4 is 17.7 Å². The molecule has 0 aliphatic heterocycles. The number of guanidine groups is 1. The van der Waals surface area contributed by atoms with E-state index >= 15 is 0 Å². The summed E-state index contributed by atoms with van der Waals surface area (Å²) in [4.78, 5) is 15.5. The molecule has 0 saturated heterocycles. The van der Waals surface area contributed by atoms with Crippen LogP contribution in [0.3, 0.4) is 0 Å². The highest BCUT2D eigenvalue weighted by Gasteiger charge is 2.16. The topological polar surface area (TPSA) is 85.9 Å². The van der Waals surface area contributed by atoms with Gasteiger partial charge in [0.1, 0.15) is 11.4 Å². The van der Waals surface area contributed by atoms with Gasteiger partial charge in [-0.2, -0.15) is 0 Å². The molecule has 1 amide bonds. The summed E-state index contributed by atoms with van der Waals surface area (Å²) in [5, 5.41) is 2.35. The number of alkyl carbamates (subject to hydrolysis) is 1. The fraction of sp³-hybridized carbons (Fsp3) is 0.385. The van der Waals surface area contributed by atoms with Gasteiger partial charge in [-0.1, -0.05) is 0 Å². The van der Waals surface area contributed by atoms with Crippen molar-refractivity contribution in [3.05, 3.63) is 24.3 Å². The molecule has 6 nitrogen and oxygen atoms in total. The highest BCUT2D eigenvalue weighted by Crippen LogP contribution is 2.17. The molecule has 0 bridgehead atoms. The first kappa shape index (κ1) is 14.8. The molecule has 3 N–H and O–H groups in total. The Bertz CT molecular complexity index is 461. The number of nitrogens with zero attached hydrogens (tertiary/aromatic N) is 1. The number of carbonyl (C=O) groups excluding carboxylic acids is 1. The molecule has 0 aliphatic carbocycles. The smallest absolute Gasteiger partial charge is 0.414 e. The lowest BCUT2D eigenvalue weighted by molar-refractivity contribution is 0.0562. The third-order valence-corrected chi connectivity index (χ3v) is 1.95. The number of amides is 1. The fourth-order valence-corrected chi connectivity index (χ4v) is 1.23. The van der Waals surface area contributed by atoms with Gasteiger partial charge in [0.25, 0.3) is 0 Å². The Morgan fingerprint density at radius 2 is 1.84 bits per heavy atom. The van der Waals surface area contributed by atoms with Crippen molar-refractivity contribution < 1.29 is 14.3 Å². The fourth-order valence-electron chi connectivity index (χ4n) is 1.23. The molecule has 0 heterocycles. The zero-order valence-corrected chi connectivity index (χ0v) is 11.6. The van der Waals surface area contributed by atoms with Crippen LogP contribution in [0.5, 0.6) is 5.75 Å². The second kappa shape index (κ2) is 6.08. The molecule has 0 unspecified atom stereocenters. The van der Waals surface area contributed by atoms with Gasteiger partial charge in [-0.15, -0.1) is 0 Å². The molecule has 0 spiro atoms. The van der Waals surface area contributed by atoms with Gasteiger partial charge in [0.15, 0.2) is 0 Å². The third-order valence-electron chi connectivity index (χ3n) is 1.95. The summed E-state index contributed by atoms with van der Waals surface area (Å²) in [6, 6.07) is 6.95. The van der Waals surface area contributed by atoms with Crippen LogP contribution in [-0.4, -0.2) is 24.8 Å². The van der Waals surface area contributed by atoms with Crippen molar-refractivity contribution in [2.75, 3.05) is 7.11 Å². The molecule has 0 radical (unpaired) electrons. The Morgan fingerprint density at radius 3 is 2.32 bits per heavy atom. The first-order valence-electron chi connectivity index (χ1n) is 5.78. The van der Waals surface area contributed by atoms with Crippen molar-refractivity contribution in [1.82, 2.24) is 5.32 Å². The lowest BCUT2D eigenvalue weighted by Gasteiger charge is -2.19. The average molecular weight is 265 g/mol. The summed E-state index contributed by atoms with van der Waals surface area (Å²) < 4.78 is 10.1. The normalized spacial score (nSPS) is 11.9. The molecule has 6 heteroatoms. The first-order valence-corrected chi connectivity index (χ1v) is 5.78. The van der Waals surface area contributed by atoms with E-state index in [0.29, 0.717) is 5.69 Å². The summed E-state index contributed by atoms with van der Waals surface area (Å²) in [5.41, 5.74) is 5.63. The third kappa shape index (κ3) is 5.76. The summed E-state index contributed by atoms with van der Waals surface area (Å²) in [5.74, 6) is 0.692. The van der Waals surface area contributed by atoms with E-state index in [0.717, 1.165) is 5.75 Å². The van der Waals surface area contributed by atoms with E-state index < -0.39 is 11.7 Å². The first-order chi connectivity index (χ1) is 8.80. The lowest BCUT2D eigenvalue weighted by atomic mass is 10.2. The highest BCUT2D eigenvalue weighted by molar-refractivity contribution is 5.94. The second-order valence-corrected chi connectivity index (χ2v) is 4.82. The van der Waals surface area contributed by atoms with Gasteiger partial charge < -0.3 is 15.2 Å². The van der Waals surface area contributed by atoms with Gasteiger partial charge in [0.2, 0.25) is 5.96 Å². The zero-order valence-electron chi connectivity index (χ0n) is 11.6. The van der Waals surface area contributed by atoms with Crippen molar-refractivity contribution in [3.63, 3.8) is 0 Å². The number of carbonyl (C=O) groups is 1. The molecule has 1 aromatic carbocycles. The summed E-state index contributed by atoms with van der Waals surface area (Å²) >= 11 is 0. The maximum atomic E-state index is 11.4. The number of nitrogens with two attached hydrogens (primary N) is 1. The standard InChI is InChI=1S/C13H19N3O3/c1-13(2,3)19-12(17)16-11(14)15-9-5-7-10(18-4)8-6-9/h5-8H,1-4H3,(H3,14,15,16,17). The molecule has 19 heavy (non-hydrogen) atoms. The highest BCUT2D eigenvalue weighted by atomic mass is 16.6. The summed E-state index contributed by atoms with van der Waals surface area (Å²) in [6.45, 7) is 5.30. The van der Waals surface area contributed by atoms with Crippen molar-refractivity contribution in [2.24, 2.45) is 10.7 Å². The van der Waals surface area contributed by atoms with E-state index in [4.69, 9.17) is 15.2 Å². The predicted octanol–water partition coefficient (Wildman–Crippen LogP) is 2.17. The molecular formula is C13H19N3O3. The van der Waals surface area contributed by atoms with Crippen molar-refractivity contribution in [1.29, 1.82) is 0 Å². The van der Waals surface area contributed by atoms with Crippen molar-refractivity contribution in [3.8, 4) is 5.75 Å². The molecule has 0 atom stereocenters. The Balaban J connectivity index is 2.63. The van der Waals surface area contributed by atoms with Gasteiger partial charge in [-0.25, -0.2) is 9.79 Å². The van der Waals surface area contributed by atoms with Crippen LogP contribution < -0.4 is 15.8 Å². The zero-order chi connectivity index (χ0) is 14.5. The number of methoxy groups -OCH3 is 1. The van der Waals surface area contributed by atoms with E-state index in [1.54, 1.807) is 52.1 Å². The number of nitrogens with one attached hydrogen (secondary N) is 1. The number of hydrogen-bond acceptors (Lipinski definition) is 4. The Morgan fingerprint density at radius 1 is 1.26 bits per heavy atom. The molecular weight excluding hydrogens is 246 g/mol. The predicted molar refractivity (Wildman–Crippen MR) is 73.6 cm³/mol. The van der Waals surface area contributed by atoms with E-state index in [-0.39, 0.29) is 5.96 Å². The van der Waals surface area contributed by atoms with Crippen LogP contribution in [0.25, 0.3) is 0 Å². The van der Waals surface area contributed by atoms with Crippen LogP contribution in [0.1, 0.15) is 20.8 Å². The minimum absolute atomic E-state index is 0.0283. The Kier molecular flexibility index (Phi) is 4.74. The van der Waals surface area contributed by atoms with Gasteiger partial charge in [0, 0.05) is 0 Å². The summed E-state index contributed by atoms with van der Waals surface area (Å²) in [7, 11) is 1.58. The molecule has 0 fully saturated rings. The second-order valence-electron chi connectivity index (χ2n) is 4.82.